The molecule has 0 aliphatic carbocycles. The number of carboxylic acid groups (broad SMARTS) is 1. The molecule has 4 aromatic rings. The molecule has 0 spiro atoms. The molecule has 43 heavy (non-hydrogen) atoms. The summed E-state index contributed by atoms with van der Waals surface area (Å²) in [7, 11) is -3.19. The van der Waals surface area contributed by atoms with Crippen LogP contribution in [0.4, 0.5) is 13.2 Å². The standard InChI is InChI=1S/C29H26ClF3N4O5S/c1-43(40,41)36-13-11-20(12-14-36)19-7-5-18(6-8-19)17-42-25-10-9-21(30)15-22(25)24-3-2-4-26(35-24)37-27(29(31,32)33)23(16-34-37)28(38)39/h2-10,15-16,20H,11-14,17H2,1H3,(H,38,39). The molecule has 14 heteroatoms. The van der Waals surface area contributed by atoms with Crippen LogP contribution in [-0.4, -0.2) is 57.9 Å². The SMILES string of the molecule is CS(=O)(=O)N1CCC(c2ccc(COc3ccc(Cl)cc3-c3cccc(-n4ncc(C(=O)O)c4C(F)(F)F)n3)cc2)CC1. The second-order valence-corrected chi connectivity index (χ2v) is 12.5. The lowest BCUT2D eigenvalue weighted by molar-refractivity contribution is -0.143. The van der Waals surface area contributed by atoms with Crippen LogP contribution >= 0.6 is 11.6 Å². The number of carboxylic acids is 1. The summed E-state index contributed by atoms with van der Waals surface area (Å²) in [6.45, 7) is 1.16. The minimum absolute atomic E-state index is 0.181. The van der Waals surface area contributed by atoms with E-state index in [9.17, 15) is 31.5 Å². The van der Waals surface area contributed by atoms with Crippen LogP contribution in [-0.2, 0) is 22.8 Å². The van der Waals surface area contributed by atoms with E-state index in [1.165, 1.54) is 22.7 Å². The first-order valence-electron chi connectivity index (χ1n) is 13.1. The van der Waals surface area contributed by atoms with Crippen LogP contribution in [0.25, 0.3) is 17.1 Å². The summed E-state index contributed by atoms with van der Waals surface area (Å²) in [5.74, 6) is -1.35. The van der Waals surface area contributed by atoms with Crippen molar-refractivity contribution in [3.8, 4) is 22.8 Å². The average Bonchev–Trinajstić information content (AvgIpc) is 3.43. The van der Waals surface area contributed by atoms with Crippen molar-refractivity contribution in [1.29, 1.82) is 0 Å². The molecule has 3 heterocycles. The maximum Gasteiger partial charge on any atom is 0.434 e. The maximum absolute atomic E-state index is 13.8. The van der Waals surface area contributed by atoms with Gasteiger partial charge in [-0.15, -0.1) is 0 Å². The van der Waals surface area contributed by atoms with Gasteiger partial charge >= 0.3 is 12.1 Å². The third-order valence-electron chi connectivity index (χ3n) is 7.21. The number of nitrogens with zero attached hydrogens (tertiary/aromatic N) is 4. The quantitative estimate of drug-likeness (QED) is 0.252. The molecule has 1 N–H and O–H groups in total. The Labute approximate surface area is 250 Å². The molecule has 9 nitrogen and oxygen atoms in total. The van der Waals surface area contributed by atoms with Gasteiger partial charge in [-0.3, -0.25) is 0 Å². The van der Waals surface area contributed by atoms with Crippen molar-refractivity contribution in [2.45, 2.75) is 31.5 Å². The second-order valence-electron chi connectivity index (χ2n) is 10.1. The number of halogens is 4. The van der Waals surface area contributed by atoms with Crippen molar-refractivity contribution in [3.63, 3.8) is 0 Å². The Morgan fingerprint density at radius 3 is 2.42 bits per heavy atom. The molecular weight excluding hydrogens is 609 g/mol. The summed E-state index contributed by atoms with van der Waals surface area (Å²) in [5.41, 5.74) is 0.211. The van der Waals surface area contributed by atoms with E-state index in [-0.39, 0.29) is 24.0 Å². The Morgan fingerprint density at radius 1 is 1.09 bits per heavy atom. The fourth-order valence-electron chi connectivity index (χ4n) is 5.04. The number of carbonyl (C=O) groups is 1. The van der Waals surface area contributed by atoms with E-state index < -0.39 is 33.4 Å². The maximum atomic E-state index is 13.8. The molecule has 0 unspecified atom stereocenters. The number of alkyl halides is 3. The van der Waals surface area contributed by atoms with Gasteiger partial charge in [0.15, 0.2) is 11.5 Å². The molecule has 226 valence electrons. The van der Waals surface area contributed by atoms with Gasteiger partial charge in [0.05, 0.1) is 18.1 Å². The van der Waals surface area contributed by atoms with Gasteiger partial charge in [-0.05, 0) is 60.2 Å². The van der Waals surface area contributed by atoms with Crippen molar-refractivity contribution >= 4 is 27.6 Å². The molecule has 0 atom stereocenters. The molecular formula is C29H26ClF3N4O5S. The highest BCUT2D eigenvalue weighted by Gasteiger charge is 2.41. The fourth-order valence-corrected chi connectivity index (χ4v) is 6.09. The molecule has 1 aliphatic rings. The first kappa shape index (κ1) is 30.5. The summed E-state index contributed by atoms with van der Waals surface area (Å²) in [6.07, 6.45) is -1.65. The van der Waals surface area contributed by atoms with Gasteiger partial charge in [-0.25, -0.2) is 27.2 Å². The van der Waals surface area contributed by atoms with E-state index in [0.717, 1.165) is 24.0 Å². The van der Waals surface area contributed by atoms with Crippen LogP contribution in [0.1, 0.15) is 45.9 Å². The summed E-state index contributed by atoms with van der Waals surface area (Å²) < 4.78 is 72.9. The Hall–Kier alpha value is -3.94. The fraction of sp³-hybridized carbons (Fsp3) is 0.276. The van der Waals surface area contributed by atoms with Crippen molar-refractivity contribution in [2.24, 2.45) is 0 Å². The van der Waals surface area contributed by atoms with Crippen LogP contribution in [0, 0.1) is 0 Å². The average molecular weight is 635 g/mol. The van der Waals surface area contributed by atoms with E-state index in [1.807, 2.05) is 24.3 Å². The van der Waals surface area contributed by atoms with Crippen molar-refractivity contribution < 1.29 is 36.2 Å². The number of piperidine rings is 1. The highest BCUT2D eigenvalue weighted by Crippen LogP contribution is 2.36. The smallest absolute Gasteiger partial charge is 0.434 e. The molecule has 1 fully saturated rings. The number of rotatable bonds is 8. The predicted molar refractivity (Wildman–Crippen MR) is 153 cm³/mol. The number of sulfonamides is 1. The lowest BCUT2D eigenvalue weighted by Crippen LogP contribution is -2.37. The highest BCUT2D eigenvalue weighted by atomic mass is 35.5. The van der Waals surface area contributed by atoms with Crippen LogP contribution in [0.15, 0.2) is 66.9 Å². The lowest BCUT2D eigenvalue weighted by Gasteiger charge is -2.30. The van der Waals surface area contributed by atoms with E-state index in [4.69, 9.17) is 16.3 Å². The van der Waals surface area contributed by atoms with Gasteiger partial charge in [0.25, 0.3) is 0 Å². The van der Waals surface area contributed by atoms with Gasteiger partial charge in [0.1, 0.15) is 17.9 Å². The van der Waals surface area contributed by atoms with Crippen LogP contribution in [0.3, 0.4) is 0 Å². The number of benzene rings is 2. The molecule has 2 aromatic heterocycles. The minimum atomic E-state index is -4.99. The Morgan fingerprint density at radius 2 is 1.79 bits per heavy atom. The third kappa shape index (κ3) is 6.84. The molecule has 0 radical (unpaired) electrons. The van der Waals surface area contributed by atoms with Crippen molar-refractivity contribution in [3.05, 3.63) is 94.3 Å². The second kappa shape index (κ2) is 12.0. The van der Waals surface area contributed by atoms with Crippen LogP contribution in [0.2, 0.25) is 5.02 Å². The van der Waals surface area contributed by atoms with Crippen molar-refractivity contribution in [2.75, 3.05) is 19.3 Å². The van der Waals surface area contributed by atoms with Gasteiger partial charge < -0.3 is 9.84 Å². The molecule has 1 saturated heterocycles. The Balaban J connectivity index is 1.35. The van der Waals surface area contributed by atoms with Gasteiger partial charge in [0.2, 0.25) is 10.0 Å². The van der Waals surface area contributed by atoms with Crippen LogP contribution in [0.5, 0.6) is 5.75 Å². The Bertz CT molecular complexity index is 1750. The molecule has 0 amide bonds. The van der Waals surface area contributed by atoms with E-state index >= 15 is 0 Å². The Kier molecular flexibility index (Phi) is 8.50. The predicted octanol–water partition coefficient (Wildman–Crippen LogP) is 6.02. The zero-order valence-corrected chi connectivity index (χ0v) is 24.3. The third-order valence-corrected chi connectivity index (χ3v) is 8.74. The molecule has 5 rings (SSSR count). The summed E-state index contributed by atoms with van der Waals surface area (Å²) >= 11 is 6.24. The monoisotopic (exact) mass is 634 g/mol. The lowest BCUT2D eigenvalue weighted by atomic mass is 9.90. The summed E-state index contributed by atoms with van der Waals surface area (Å²) in [5, 5.41) is 13.2. The first-order valence-corrected chi connectivity index (χ1v) is 15.4. The summed E-state index contributed by atoms with van der Waals surface area (Å²) in [4.78, 5) is 15.7. The molecule has 0 bridgehead atoms. The molecule has 1 aliphatic heterocycles. The van der Waals surface area contributed by atoms with E-state index in [2.05, 4.69) is 10.1 Å². The summed E-state index contributed by atoms with van der Waals surface area (Å²) in [6, 6.07) is 17.0. The number of aromatic carboxylic acids is 1. The first-order chi connectivity index (χ1) is 20.3. The van der Waals surface area contributed by atoms with Crippen molar-refractivity contribution in [1.82, 2.24) is 19.1 Å². The number of hydrogen-bond donors (Lipinski definition) is 1. The zero-order chi connectivity index (χ0) is 30.9. The molecule has 0 saturated carbocycles. The van der Waals surface area contributed by atoms with Gasteiger partial charge in [-0.2, -0.15) is 18.3 Å². The minimum Gasteiger partial charge on any atom is -0.488 e. The van der Waals surface area contributed by atoms with E-state index in [1.54, 1.807) is 24.3 Å². The number of aromatic nitrogens is 3. The number of pyridine rings is 1. The van der Waals surface area contributed by atoms with Gasteiger partial charge in [-0.1, -0.05) is 41.9 Å². The van der Waals surface area contributed by atoms with E-state index in [0.29, 0.717) is 40.3 Å². The number of hydrogen-bond acceptors (Lipinski definition) is 6. The highest BCUT2D eigenvalue weighted by molar-refractivity contribution is 7.88. The normalized spacial score (nSPS) is 15.0. The number of ether oxygens (including phenoxy) is 1. The largest absolute Gasteiger partial charge is 0.488 e. The topological polar surface area (TPSA) is 115 Å². The van der Waals surface area contributed by atoms with Crippen LogP contribution < -0.4 is 4.74 Å². The molecule has 2 aromatic carbocycles. The van der Waals surface area contributed by atoms with Gasteiger partial charge in [0, 0.05) is 23.7 Å². The zero-order valence-electron chi connectivity index (χ0n) is 22.8.